The van der Waals surface area contributed by atoms with Gasteiger partial charge in [0.15, 0.2) is 0 Å². The fourth-order valence-corrected chi connectivity index (χ4v) is 6.43. The zero-order valence-electron chi connectivity index (χ0n) is 30.5. The van der Waals surface area contributed by atoms with E-state index in [0.29, 0.717) is 24.5 Å². The molecule has 0 aliphatic heterocycles. The highest BCUT2D eigenvalue weighted by molar-refractivity contribution is 5.97. The van der Waals surface area contributed by atoms with Crippen molar-refractivity contribution in [3.05, 3.63) is 94.3 Å². The van der Waals surface area contributed by atoms with Crippen molar-refractivity contribution >= 4 is 16.5 Å². The van der Waals surface area contributed by atoms with Crippen LogP contribution >= 0.6 is 0 Å². The van der Waals surface area contributed by atoms with Gasteiger partial charge in [0.2, 0.25) is 0 Å². The number of rotatable bonds is 16. The predicted octanol–water partition coefficient (Wildman–Crippen LogP) is 12.9. The lowest BCUT2D eigenvalue weighted by molar-refractivity contribution is -0.00515. The summed E-state index contributed by atoms with van der Waals surface area (Å²) in [5.41, 5.74) is 9.74. The molecular formula is C43H62FNO. The standard InChI is InChI=1S/C43H62FNO/c1-10-31(4)32(5)17-15-18-33(6)38-22-20-34(7)42(44)24-23-39(38)40-26-27-45-43-25-21-37(29-41(40)43)19-14-12-13-16-30(3)28-36(9)46-35(8)11-2/h15,17-18,21-23,25-27,29-30,34-36,42H,10-14,16,19-20,24,28H2,1-9H3/b17-15-,32-31?,33-18+,38-22+,39-23+. The van der Waals surface area contributed by atoms with Crippen molar-refractivity contribution in [1.29, 1.82) is 0 Å². The Labute approximate surface area is 281 Å². The van der Waals surface area contributed by atoms with Gasteiger partial charge >= 0.3 is 0 Å². The molecule has 1 heterocycles. The molecule has 0 saturated carbocycles. The van der Waals surface area contributed by atoms with Crippen LogP contribution in [-0.2, 0) is 11.2 Å². The Hall–Kier alpha value is -2.78. The first-order chi connectivity index (χ1) is 22.0. The van der Waals surface area contributed by atoms with Crippen molar-refractivity contribution in [1.82, 2.24) is 4.98 Å². The fraction of sp³-hybridized carbons (Fsp3) is 0.558. The topological polar surface area (TPSA) is 22.1 Å². The largest absolute Gasteiger partial charge is 0.376 e. The molecule has 1 aromatic carbocycles. The van der Waals surface area contributed by atoms with E-state index in [2.05, 4.69) is 110 Å². The summed E-state index contributed by atoms with van der Waals surface area (Å²) in [5.74, 6) is 0.687. The number of hydrogen-bond acceptors (Lipinski definition) is 2. The third kappa shape index (κ3) is 11.5. The van der Waals surface area contributed by atoms with Gasteiger partial charge in [0.05, 0.1) is 17.7 Å². The number of benzene rings is 1. The predicted molar refractivity (Wildman–Crippen MR) is 199 cm³/mol. The first-order valence-corrected chi connectivity index (χ1v) is 18.1. The number of pyridine rings is 1. The van der Waals surface area contributed by atoms with Gasteiger partial charge in [-0.15, -0.1) is 0 Å². The van der Waals surface area contributed by atoms with E-state index in [-0.39, 0.29) is 5.92 Å². The number of aryl methyl sites for hydroxylation is 1. The Morgan fingerprint density at radius 1 is 1.00 bits per heavy atom. The van der Waals surface area contributed by atoms with Gasteiger partial charge < -0.3 is 4.74 Å². The van der Waals surface area contributed by atoms with Crippen LogP contribution in [-0.4, -0.2) is 23.4 Å². The van der Waals surface area contributed by atoms with Crippen molar-refractivity contribution < 1.29 is 9.13 Å². The summed E-state index contributed by atoms with van der Waals surface area (Å²) in [6, 6.07) is 8.86. The maximum Gasteiger partial charge on any atom is 0.106 e. The molecule has 3 heteroatoms. The quantitative estimate of drug-likeness (QED) is 0.136. The second kappa shape index (κ2) is 19.1. The molecule has 1 aliphatic carbocycles. The van der Waals surface area contributed by atoms with E-state index in [1.54, 1.807) is 0 Å². The van der Waals surface area contributed by atoms with Gasteiger partial charge in [-0.25, -0.2) is 4.39 Å². The van der Waals surface area contributed by atoms with Crippen molar-refractivity contribution in [2.24, 2.45) is 11.8 Å². The number of allylic oxidation sites excluding steroid dienone is 10. The molecule has 3 rings (SSSR count). The third-order valence-electron chi connectivity index (χ3n) is 10.0. The smallest absolute Gasteiger partial charge is 0.106 e. The van der Waals surface area contributed by atoms with Gasteiger partial charge in [0.25, 0.3) is 0 Å². The molecular weight excluding hydrogens is 565 g/mol. The summed E-state index contributed by atoms with van der Waals surface area (Å²) in [6.07, 6.45) is 23.1. The average molecular weight is 628 g/mol. The molecule has 0 spiro atoms. The van der Waals surface area contributed by atoms with Gasteiger partial charge in [-0.2, -0.15) is 0 Å². The molecule has 1 aromatic heterocycles. The van der Waals surface area contributed by atoms with Gasteiger partial charge in [0, 0.05) is 11.6 Å². The van der Waals surface area contributed by atoms with Gasteiger partial charge in [-0.1, -0.05) is 94.6 Å². The molecule has 0 fully saturated rings. The molecule has 1 aliphatic rings. The maximum absolute atomic E-state index is 15.1. The van der Waals surface area contributed by atoms with E-state index < -0.39 is 6.17 Å². The Morgan fingerprint density at radius 2 is 1.78 bits per heavy atom. The second-order valence-electron chi connectivity index (χ2n) is 14.0. The van der Waals surface area contributed by atoms with E-state index >= 15 is 4.39 Å². The van der Waals surface area contributed by atoms with Crippen LogP contribution in [0.1, 0.15) is 131 Å². The molecule has 5 unspecified atom stereocenters. The van der Waals surface area contributed by atoms with Crippen LogP contribution in [0.5, 0.6) is 0 Å². The van der Waals surface area contributed by atoms with Crippen LogP contribution in [0, 0.1) is 11.8 Å². The summed E-state index contributed by atoms with van der Waals surface area (Å²) in [6.45, 7) is 19.7. The van der Waals surface area contributed by atoms with E-state index in [1.165, 1.54) is 53.5 Å². The number of hydrogen-bond donors (Lipinski definition) is 0. The second-order valence-corrected chi connectivity index (χ2v) is 14.0. The highest BCUT2D eigenvalue weighted by Crippen LogP contribution is 2.37. The highest BCUT2D eigenvalue weighted by atomic mass is 19.1. The summed E-state index contributed by atoms with van der Waals surface area (Å²) in [7, 11) is 0. The van der Waals surface area contributed by atoms with Crippen LogP contribution < -0.4 is 0 Å². The highest BCUT2D eigenvalue weighted by Gasteiger charge is 2.21. The normalized spacial score (nSPS) is 22.8. The van der Waals surface area contributed by atoms with E-state index in [1.807, 2.05) is 13.1 Å². The number of fused-ring (bicyclic) bond motifs is 1. The van der Waals surface area contributed by atoms with Crippen LogP contribution in [0.4, 0.5) is 4.39 Å². The number of alkyl halides is 1. The molecule has 0 amide bonds. The van der Waals surface area contributed by atoms with Gasteiger partial charge in [-0.05, 0) is 137 Å². The van der Waals surface area contributed by atoms with E-state index in [9.17, 15) is 0 Å². The first kappa shape index (κ1) is 37.7. The summed E-state index contributed by atoms with van der Waals surface area (Å²) in [5, 5.41) is 1.16. The molecule has 0 N–H and O–H groups in total. The van der Waals surface area contributed by atoms with Crippen LogP contribution in [0.15, 0.2) is 83.1 Å². The van der Waals surface area contributed by atoms with Crippen LogP contribution in [0.3, 0.4) is 0 Å². The fourth-order valence-electron chi connectivity index (χ4n) is 6.43. The zero-order chi connectivity index (χ0) is 33.6. The molecule has 2 nitrogen and oxygen atoms in total. The van der Waals surface area contributed by atoms with Crippen LogP contribution in [0.2, 0.25) is 0 Å². The molecule has 0 radical (unpaired) electrons. The Kier molecular flexibility index (Phi) is 15.7. The van der Waals surface area contributed by atoms with Gasteiger partial charge in [0.1, 0.15) is 6.17 Å². The number of ether oxygens (including phenoxy) is 1. The van der Waals surface area contributed by atoms with Gasteiger partial charge in [-0.3, -0.25) is 4.98 Å². The molecule has 252 valence electrons. The first-order valence-electron chi connectivity index (χ1n) is 18.1. The Balaban J connectivity index is 1.78. The Morgan fingerprint density at radius 3 is 2.52 bits per heavy atom. The number of nitrogens with zero attached hydrogens (tertiary/aromatic N) is 1. The maximum atomic E-state index is 15.1. The SMILES string of the molecule is CCC(C)=C(C)\C=C/C=C(C)/C1=C\CC(C)C(F)C/C=C\1c1ccnc2ccc(CCCCCC(C)CC(C)OC(C)CC)cc12. The Bertz CT molecular complexity index is 1410. The van der Waals surface area contributed by atoms with Crippen molar-refractivity contribution in [3.8, 4) is 0 Å². The van der Waals surface area contributed by atoms with Crippen LogP contribution in [0.25, 0.3) is 16.5 Å². The molecule has 46 heavy (non-hydrogen) atoms. The van der Waals surface area contributed by atoms with E-state index in [0.717, 1.165) is 54.1 Å². The number of unbranched alkanes of at least 4 members (excludes halogenated alkanes) is 2. The molecule has 5 atom stereocenters. The number of halogens is 1. The lowest BCUT2D eigenvalue weighted by Crippen LogP contribution is -2.18. The monoisotopic (exact) mass is 627 g/mol. The minimum Gasteiger partial charge on any atom is -0.376 e. The summed E-state index contributed by atoms with van der Waals surface area (Å²) >= 11 is 0. The van der Waals surface area contributed by atoms with Crippen molar-refractivity contribution in [3.63, 3.8) is 0 Å². The molecule has 0 saturated heterocycles. The van der Waals surface area contributed by atoms with E-state index in [4.69, 9.17) is 9.72 Å². The number of aromatic nitrogens is 1. The summed E-state index contributed by atoms with van der Waals surface area (Å²) < 4.78 is 21.2. The molecule has 0 bridgehead atoms. The molecule has 2 aromatic rings. The lowest BCUT2D eigenvalue weighted by atomic mass is 9.84. The average Bonchev–Trinajstić information content (AvgIpc) is 3.04. The minimum atomic E-state index is -0.844. The zero-order valence-corrected chi connectivity index (χ0v) is 30.5. The minimum absolute atomic E-state index is 0.00112. The van der Waals surface area contributed by atoms with Crippen molar-refractivity contribution in [2.45, 2.75) is 145 Å². The summed E-state index contributed by atoms with van der Waals surface area (Å²) in [4.78, 5) is 4.72. The lowest BCUT2D eigenvalue weighted by Gasteiger charge is -2.22. The van der Waals surface area contributed by atoms with Crippen molar-refractivity contribution in [2.75, 3.05) is 0 Å². The third-order valence-corrected chi connectivity index (χ3v) is 10.0.